The molecule has 0 aliphatic heterocycles. The van der Waals surface area contributed by atoms with E-state index in [1.807, 2.05) is 0 Å². The maximum Gasteiger partial charge on any atom is 0.0604 e. The van der Waals surface area contributed by atoms with Crippen LogP contribution >= 0.6 is 23.2 Å². The summed E-state index contributed by atoms with van der Waals surface area (Å²) >= 11 is 11.5. The van der Waals surface area contributed by atoms with Crippen LogP contribution in [-0.4, -0.2) is 16.5 Å². The second kappa shape index (κ2) is 4.96. The summed E-state index contributed by atoms with van der Waals surface area (Å²) < 4.78 is 11.4. The van der Waals surface area contributed by atoms with Crippen LogP contribution < -0.4 is 5.73 Å². The predicted octanol–water partition coefficient (Wildman–Crippen LogP) is 2.06. The van der Waals surface area contributed by atoms with Gasteiger partial charge >= 0.3 is 0 Å². The van der Waals surface area contributed by atoms with E-state index in [4.69, 9.17) is 28.9 Å². The van der Waals surface area contributed by atoms with Gasteiger partial charge in [-0.1, -0.05) is 23.2 Å². The molecule has 2 N–H and O–H groups in total. The van der Waals surface area contributed by atoms with Crippen molar-refractivity contribution in [3.63, 3.8) is 0 Å². The third-order valence-corrected chi connectivity index (χ3v) is 3.58. The minimum atomic E-state index is -1.07. The summed E-state index contributed by atoms with van der Waals surface area (Å²) in [6, 6.07) is 4.93. The SMILES string of the molecule is NCCS(=O)c1ccc(Cl)c(Cl)c1. The highest BCUT2D eigenvalue weighted by molar-refractivity contribution is 7.85. The maximum absolute atomic E-state index is 11.4. The van der Waals surface area contributed by atoms with Gasteiger partial charge in [-0.2, -0.15) is 0 Å². The molecule has 0 saturated heterocycles. The van der Waals surface area contributed by atoms with Gasteiger partial charge in [0.2, 0.25) is 0 Å². The van der Waals surface area contributed by atoms with Gasteiger partial charge in [-0.05, 0) is 18.2 Å². The molecule has 1 aromatic carbocycles. The fraction of sp³-hybridized carbons (Fsp3) is 0.250. The highest BCUT2D eigenvalue weighted by Crippen LogP contribution is 2.23. The van der Waals surface area contributed by atoms with E-state index in [1.165, 1.54) is 0 Å². The van der Waals surface area contributed by atoms with Crippen molar-refractivity contribution < 1.29 is 4.21 Å². The van der Waals surface area contributed by atoms with Crippen molar-refractivity contribution in [1.29, 1.82) is 0 Å². The fourth-order valence-electron chi connectivity index (χ4n) is 0.843. The third-order valence-electron chi connectivity index (χ3n) is 1.46. The van der Waals surface area contributed by atoms with E-state index in [-0.39, 0.29) is 0 Å². The van der Waals surface area contributed by atoms with Crippen LogP contribution in [0.3, 0.4) is 0 Å². The minimum absolute atomic E-state index is 0.396. The van der Waals surface area contributed by atoms with E-state index in [0.29, 0.717) is 27.2 Å². The first kappa shape index (κ1) is 11.0. The summed E-state index contributed by atoms with van der Waals surface area (Å²) in [7, 11) is -1.07. The Morgan fingerprint density at radius 2 is 2.00 bits per heavy atom. The summed E-state index contributed by atoms with van der Waals surface area (Å²) in [4.78, 5) is 0.667. The highest BCUT2D eigenvalue weighted by atomic mass is 35.5. The van der Waals surface area contributed by atoms with Crippen LogP contribution in [0, 0.1) is 0 Å². The number of hydrogen-bond donors (Lipinski definition) is 1. The van der Waals surface area contributed by atoms with Gasteiger partial charge in [0, 0.05) is 17.2 Å². The highest BCUT2D eigenvalue weighted by Gasteiger charge is 2.05. The van der Waals surface area contributed by atoms with Gasteiger partial charge in [-0.25, -0.2) is 0 Å². The molecule has 1 atom stereocenters. The molecule has 0 fully saturated rings. The van der Waals surface area contributed by atoms with Gasteiger partial charge in [0.25, 0.3) is 0 Å². The van der Waals surface area contributed by atoms with Gasteiger partial charge in [0.05, 0.1) is 20.8 Å². The van der Waals surface area contributed by atoms with Crippen LogP contribution in [0.4, 0.5) is 0 Å². The topological polar surface area (TPSA) is 43.1 Å². The number of halogens is 2. The fourth-order valence-corrected chi connectivity index (χ4v) is 2.13. The molecule has 0 amide bonds. The molecule has 72 valence electrons. The first-order chi connectivity index (χ1) is 6.15. The van der Waals surface area contributed by atoms with E-state index in [0.717, 1.165) is 0 Å². The van der Waals surface area contributed by atoms with Gasteiger partial charge in [-0.15, -0.1) is 0 Å². The molecule has 0 saturated carbocycles. The Hall–Kier alpha value is -0.0900. The lowest BCUT2D eigenvalue weighted by Gasteiger charge is -2.01. The molecule has 0 aliphatic rings. The summed E-state index contributed by atoms with van der Waals surface area (Å²) in [5, 5.41) is 0.889. The van der Waals surface area contributed by atoms with Crippen LogP contribution in [0.15, 0.2) is 23.1 Å². The van der Waals surface area contributed by atoms with E-state index in [2.05, 4.69) is 0 Å². The van der Waals surface area contributed by atoms with Crippen LogP contribution in [0.25, 0.3) is 0 Å². The molecule has 13 heavy (non-hydrogen) atoms. The Bertz CT molecular complexity index is 330. The number of benzene rings is 1. The smallest absolute Gasteiger partial charge is 0.0604 e. The number of nitrogens with two attached hydrogens (primary N) is 1. The lowest BCUT2D eigenvalue weighted by atomic mass is 10.4. The predicted molar refractivity (Wildman–Crippen MR) is 56.8 cm³/mol. The summed E-state index contributed by atoms with van der Waals surface area (Å²) in [6.45, 7) is 0.396. The zero-order chi connectivity index (χ0) is 9.84. The third kappa shape index (κ3) is 2.95. The van der Waals surface area contributed by atoms with E-state index < -0.39 is 10.8 Å². The molecule has 1 unspecified atom stereocenters. The van der Waals surface area contributed by atoms with Gasteiger partial charge < -0.3 is 5.73 Å². The van der Waals surface area contributed by atoms with Gasteiger partial charge in [0.15, 0.2) is 0 Å². The summed E-state index contributed by atoms with van der Waals surface area (Å²) in [6.07, 6.45) is 0. The Morgan fingerprint density at radius 1 is 1.31 bits per heavy atom. The minimum Gasteiger partial charge on any atom is -0.330 e. The average Bonchev–Trinajstić information content (AvgIpc) is 2.10. The molecule has 0 spiro atoms. The Morgan fingerprint density at radius 3 is 2.54 bits per heavy atom. The molecule has 0 aliphatic carbocycles. The van der Waals surface area contributed by atoms with Crippen LogP contribution in [-0.2, 0) is 10.8 Å². The Labute approximate surface area is 89.5 Å². The van der Waals surface area contributed by atoms with E-state index >= 15 is 0 Å². The van der Waals surface area contributed by atoms with Crippen LogP contribution in [0.1, 0.15) is 0 Å². The quantitative estimate of drug-likeness (QED) is 0.875. The largest absolute Gasteiger partial charge is 0.330 e. The molecule has 1 rings (SSSR count). The second-order valence-corrected chi connectivity index (χ2v) is 4.80. The molecule has 0 aromatic heterocycles. The number of rotatable bonds is 3. The van der Waals surface area contributed by atoms with Crippen molar-refractivity contribution in [2.75, 3.05) is 12.3 Å². The Kier molecular flexibility index (Phi) is 4.19. The monoisotopic (exact) mass is 237 g/mol. The van der Waals surface area contributed by atoms with Crippen molar-refractivity contribution in [2.24, 2.45) is 5.73 Å². The molecular formula is C8H9Cl2NOS. The zero-order valence-corrected chi connectivity index (χ0v) is 9.12. The lowest BCUT2D eigenvalue weighted by molar-refractivity contribution is 0.683. The van der Waals surface area contributed by atoms with Crippen molar-refractivity contribution in [3.05, 3.63) is 28.2 Å². The van der Waals surface area contributed by atoms with E-state index in [1.54, 1.807) is 18.2 Å². The summed E-state index contributed by atoms with van der Waals surface area (Å²) in [5.41, 5.74) is 5.28. The van der Waals surface area contributed by atoms with Crippen molar-refractivity contribution >= 4 is 34.0 Å². The molecule has 1 aromatic rings. The summed E-state index contributed by atoms with van der Waals surface area (Å²) in [5.74, 6) is 0.442. The standard InChI is InChI=1S/C8H9Cl2NOS/c9-7-2-1-6(5-8(7)10)13(12)4-3-11/h1-2,5H,3-4,11H2. The van der Waals surface area contributed by atoms with Crippen molar-refractivity contribution in [3.8, 4) is 0 Å². The molecular weight excluding hydrogens is 229 g/mol. The maximum atomic E-state index is 11.4. The first-order valence-electron chi connectivity index (χ1n) is 3.68. The van der Waals surface area contributed by atoms with Crippen LogP contribution in [0.2, 0.25) is 10.0 Å². The van der Waals surface area contributed by atoms with Gasteiger partial charge in [0.1, 0.15) is 0 Å². The molecule has 5 heteroatoms. The molecule has 0 radical (unpaired) electrons. The average molecular weight is 238 g/mol. The normalized spacial score (nSPS) is 12.8. The second-order valence-electron chi connectivity index (χ2n) is 2.41. The Balaban J connectivity index is 2.90. The van der Waals surface area contributed by atoms with Gasteiger partial charge in [-0.3, -0.25) is 4.21 Å². The van der Waals surface area contributed by atoms with Crippen LogP contribution in [0.5, 0.6) is 0 Å². The van der Waals surface area contributed by atoms with Crippen molar-refractivity contribution in [2.45, 2.75) is 4.90 Å². The van der Waals surface area contributed by atoms with E-state index in [9.17, 15) is 4.21 Å². The molecule has 0 heterocycles. The molecule has 2 nitrogen and oxygen atoms in total. The van der Waals surface area contributed by atoms with Crippen molar-refractivity contribution in [1.82, 2.24) is 0 Å². The first-order valence-corrected chi connectivity index (χ1v) is 5.76. The zero-order valence-electron chi connectivity index (χ0n) is 6.80. The number of hydrogen-bond acceptors (Lipinski definition) is 2. The molecule has 0 bridgehead atoms. The lowest BCUT2D eigenvalue weighted by Crippen LogP contribution is -2.10.